The fraction of sp³-hybridized carbons (Fsp3) is 0.278. The normalized spacial score (nSPS) is 10.7. The van der Waals surface area contributed by atoms with E-state index in [-0.39, 0.29) is 5.91 Å². The van der Waals surface area contributed by atoms with Crippen molar-refractivity contribution in [3.63, 3.8) is 0 Å². The Bertz CT molecular complexity index is 832. The van der Waals surface area contributed by atoms with Crippen molar-refractivity contribution < 1.29 is 9.53 Å². The maximum absolute atomic E-state index is 12.5. The maximum Gasteiger partial charge on any atom is 0.256 e. The molecule has 0 spiro atoms. The molecule has 0 radical (unpaired) electrons. The maximum atomic E-state index is 12.5. The summed E-state index contributed by atoms with van der Waals surface area (Å²) in [5.41, 5.74) is 0.546. The quantitative estimate of drug-likeness (QED) is 0.642. The van der Waals surface area contributed by atoms with E-state index >= 15 is 0 Å². The lowest BCUT2D eigenvalue weighted by Gasteiger charge is -2.08. The molecule has 0 atom stereocenters. The van der Waals surface area contributed by atoms with Crippen molar-refractivity contribution in [1.29, 1.82) is 0 Å². The number of hydrogen-bond donors (Lipinski definition) is 1. The number of anilines is 1. The average Bonchev–Trinajstić information content (AvgIpc) is 3.09. The largest absolute Gasteiger partial charge is 0.494 e. The van der Waals surface area contributed by atoms with Gasteiger partial charge in [-0.3, -0.25) is 4.79 Å². The van der Waals surface area contributed by atoms with Crippen LogP contribution in [0.5, 0.6) is 5.75 Å². The molecule has 0 aliphatic rings. The van der Waals surface area contributed by atoms with Gasteiger partial charge in [0, 0.05) is 5.56 Å². The van der Waals surface area contributed by atoms with Crippen LogP contribution in [0.1, 0.15) is 36.5 Å². The van der Waals surface area contributed by atoms with Gasteiger partial charge in [-0.25, -0.2) is 9.97 Å². The predicted molar refractivity (Wildman–Crippen MR) is 96.8 cm³/mol. The van der Waals surface area contributed by atoms with E-state index in [1.165, 1.54) is 17.7 Å². The minimum absolute atomic E-state index is 0.208. The number of nitrogens with zero attached hydrogens (tertiary/aromatic N) is 2. The minimum Gasteiger partial charge on any atom is -0.494 e. The number of fused-ring (bicyclic) bond motifs is 1. The van der Waals surface area contributed by atoms with Gasteiger partial charge in [-0.05, 0) is 36.1 Å². The number of rotatable bonds is 7. The third-order valence-corrected chi connectivity index (χ3v) is 4.43. The fourth-order valence-electron chi connectivity index (χ4n) is 2.34. The van der Waals surface area contributed by atoms with Crippen molar-refractivity contribution in [3.8, 4) is 5.75 Å². The van der Waals surface area contributed by atoms with Crippen LogP contribution >= 0.6 is 11.3 Å². The van der Waals surface area contributed by atoms with Gasteiger partial charge in [0.1, 0.15) is 22.7 Å². The summed E-state index contributed by atoms with van der Waals surface area (Å²) in [6.45, 7) is 2.82. The molecule has 0 aliphatic heterocycles. The van der Waals surface area contributed by atoms with E-state index in [2.05, 4.69) is 22.2 Å². The zero-order valence-corrected chi connectivity index (χ0v) is 14.3. The summed E-state index contributed by atoms with van der Waals surface area (Å²) in [6, 6.07) is 9.12. The molecular weight excluding hydrogens is 322 g/mol. The van der Waals surface area contributed by atoms with E-state index in [1.807, 2.05) is 23.6 Å². The van der Waals surface area contributed by atoms with Crippen molar-refractivity contribution in [2.45, 2.75) is 26.2 Å². The highest BCUT2D eigenvalue weighted by molar-refractivity contribution is 7.16. The monoisotopic (exact) mass is 341 g/mol. The van der Waals surface area contributed by atoms with Gasteiger partial charge >= 0.3 is 0 Å². The molecule has 0 saturated carbocycles. The standard InChI is InChI=1S/C18H19N3O2S/c1-2-3-4-9-23-14-7-5-6-13(11-14)17(22)21-16-15-8-10-24-18(15)20-12-19-16/h5-8,10-12H,2-4,9H2,1H3,(H,19,20,21,22). The Morgan fingerprint density at radius 3 is 3.04 bits per heavy atom. The molecule has 3 rings (SSSR count). The number of carbonyl (C=O) groups is 1. The van der Waals surface area contributed by atoms with Gasteiger partial charge < -0.3 is 10.1 Å². The number of hydrogen-bond acceptors (Lipinski definition) is 5. The first-order valence-corrected chi connectivity index (χ1v) is 8.88. The van der Waals surface area contributed by atoms with Crippen molar-refractivity contribution in [2.24, 2.45) is 0 Å². The van der Waals surface area contributed by atoms with Crippen LogP contribution < -0.4 is 10.1 Å². The van der Waals surface area contributed by atoms with Crippen LogP contribution in [0.4, 0.5) is 5.82 Å². The molecule has 1 N–H and O–H groups in total. The summed E-state index contributed by atoms with van der Waals surface area (Å²) < 4.78 is 5.70. The molecule has 124 valence electrons. The molecule has 0 fully saturated rings. The second kappa shape index (κ2) is 7.88. The Labute approximate surface area is 144 Å². The van der Waals surface area contributed by atoms with E-state index in [9.17, 15) is 4.79 Å². The zero-order chi connectivity index (χ0) is 16.8. The van der Waals surface area contributed by atoms with Crippen molar-refractivity contribution >= 4 is 33.3 Å². The number of ether oxygens (including phenoxy) is 1. The lowest BCUT2D eigenvalue weighted by atomic mass is 10.2. The number of benzene rings is 1. The van der Waals surface area contributed by atoms with Crippen molar-refractivity contribution in [2.75, 3.05) is 11.9 Å². The molecule has 2 heterocycles. The topological polar surface area (TPSA) is 64.1 Å². The summed E-state index contributed by atoms with van der Waals surface area (Å²) in [4.78, 5) is 21.7. The Kier molecular flexibility index (Phi) is 5.38. The molecule has 24 heavy (non-hydrogen) atoms. The van der Waals surface area contributed by atoms with Gasteiger partial charge in [-0.2, -0.15) is 0 Å². The fourth-order valence-corrected chi connectivity index (χ4v) is 3.07. The highest BCUT2D eigenvalue weighted by Crippen LogP contribution is 2.24. The van der Waals surface area contributed by atoms with Gasteiger partial charge in [0.25, 0.3) is 5.91 Å². The van der Waals surface area contributed by atoms with Gasteiger partial charge in [0.2, 0.25) is 0 Å². The Morgan fingerprint density at radius 1 is 1.25 bits per heavy atom. The summed E-state index contributed by atoms with van der Waals surface area (Å²) in [7, 11) is 0. The molecule has 1 aromatic carbocycles. The number of nitrogens with one attached hydrogen (secondary N) is 1. The molecule has 0 bridgehead atoms. The van der Waals surface area contributed by atoms with Gasteiger partial charge in [-0.1, -0.05) is 25.8 Å². The van der Waals surface area contributed by atoms with Crippen molar-refractivity contribution in [1.82, 2.24) is 9.97 Å². The molecule has 3 aromatic rings. The molecule has 2 aromatic heterocycles. The van der Waals surface area contributed by atoms with Gasteiger partial charge in [-0.15, -0.1) is 11.3 Å². The third kappa shape index (κ3) is 3.89. The molecule has 1 amide bonds. The van der Waals surface area contributed by atoms with Crippen molar-refractivity contribution in [3.05, 3.63) is 47.6 Å². The first kappa shape index (κ1) is 16.4. The van der Waals surface area contributed by atoms with Gasteiger partial charge in [0.05, 0.1) is 12.0 Å². The summed E-state index contributed by atoms with van der Waals surface area (Å²) >= 11 is 1.52. The van der Waals surface area contributed by atoms with Crippen LogP contribution in [-0.4, -0.2) is 22.5 Å². The Hall–Kier alpha value is -2.47. The van der Waals surface area contributed by atoms with E-state index in [0.29, 0.717) is 23.7 Å². The lowest BCUT2D eigenvalue weighted by Crippen LogP contribution is -2.13. The number of thiophene rings is 1. The van der Waals surface area contributed by atoms with Gasteiger partial charge in [0.15, 0.2) is 0 Å². The Balaban J connectivity index is 1.70. The second-order valence-electron chi connectivity index (χ2n) is 5.40. The summed E-state index contributed by atoms with van der Waals surface area (Å²) in [5, 5.41) is 5.63. The van der Waals surface area contributed by atoms with E-state index < -0.39 is 0 Å². The first-order chi connectivity index (χ1) is 11.8. The smallest absolute Gasteiger partial charge is 0.256 e. The second-order valence-corrected chi connectivity index (χ2v) is 6.29. The summed E-state index contributed by atoms with van der Waals surface area (Å²) in [5.74, 6) is 1.03. The number of aromatic nitrogens is 2. The average molecular weight is 341 g/mol. The van der Waals surface area contributed by atoms with E-state index in [1.54, 1.807) is 12.1 Å². The molecule has 6 heteroatoms. The number of unbranched alkanes of at least 4 members (excludes halogenated alkanes) is 2. The molecular formula is C18H19N3O2S. The number of amides is 1. The summed E-state index contributed by atoms with van der Waals surface area (Å²) in [6.07, 6.45) is 4.78. The van der Waals surface area contributed by atoms with Crippen LogP contribution in [0.15, 0.2) is 42.0 Å². The van der Waals surface area contributed by atoms with Crippen LogP contribution in [0.3, 0.4) is 0 Å². The van der Waals surface area contributed by atoms with Crippen LogP contribution in [0.2, 0.25) is 0 Å². The van der Waals surface area contributed by atoms with E-state index in [0.717, 1.165) is 29.5 Å². The first-order valence-electron chi connectivity index (χ1n) is 8.00. The third-order valence-electron chi connectivity index (χ3n) is 3.61. The molecule has 5 nitrogen and oxygen atoms in total. The van der Waals surface area contributed by atoms with Crippen LogP contribution in [0.25, 0.3) is 10.2 Å². The van der Waals surface area contributed by atoms with Crippen LogP contribution in [0, 0.1) is 0 Å². The van der Waals surface area contributed by atoms with E-state index in [4.69, 9.17) is 4.74 Å². The highest BCUT2D eigenvalue weighted by atomic mass is 32.1. The zero-order valence-electron chi connectivity index (χ0n) is 13.5. The number of carbonyl (C=O) groups excluding carboxylic acids is 1. The molecule has 0 aliphatic carbocycles. The molecule has 0 saturated heterocycles. The van der Waals surface area contributed by atoms with Crippen LogP contribution in [-0.2, 0) is 0 Å². The Morgan fingerprint density at radius 2 is 2.17 bits per heavy atom. The highest BCUT2D eigenvalue weighted by Gasteiger charge is 2.11. The SMILES string of the molecule is CCCCCOc1cccc(C(=O)Nc2ncnc3sccc23)c1. The predicted octanol–water partition coefficient (Wildman–Crippen LogP) is 4.51. The molecule has 0 unspecified atom stereocenters. The lowest BCUT2D eigenvalue weighted by molar-refractivity contribution is 0.102. The minimum atomic E-state index is -0.208.